The monoisotopic (exact) mass is 340 g/mol. The number of aryl methyl sites for hydroxylation is 2. The Morgan fingerprint density at radius 1 is 1.33 bits per heavy atom. The van der Waals surface area contributed by atoms with E-state index in [9.17, 15) is 0 Å². The Morgan fingerprint density at radius 3 is 2.81 bits per heavy atom. The van der Waals surface area contributed by atoms with Crippen LogP contribution in [0.3, 0.4) is 0 Å². The standard InChI is InChI=1S/C14H14Cl2N4S/c1-3-5-9-12-13(19(2)18-9)20(14(21)17-12)10-7-4-6-8(15)11(10)16/h4,6-7H,3,5H2,1-2H3,(H,17,21). The van der Waals surface area contributed by atoms with Crippen molar-refractivity contribution in [3.63, 3.8) is 0 Å². The Balaban J connectivity index is 2.35. The van der Waals surface area contributed by atoms with Crippen molar-refractivity contribution < 1.29 is 0 Å². The first kappa shape index (κ1) is 14.6. The lowest BCUT2D eigenvalue weighted by molar-refractivity contribution is 0.735. The Labute approximate surface area is 137 Å². The van der Waals surface area contributed by atoms with Gasteiger partial charge in [-0.05, 0) is 30.8 Å². The van der Waals surface area contributed by atoms with Crippen molar-refractivity contribution in [2.75, 3.05) is 0 Å². The van der Waals surface area contributed by atoms with Gasteiger partial charge in [-0.25, -0.2) is 4.68 Å². The van der Waals surface area contributed by atoms with Gasteiger partial charge in [-0.1, -0.05) is 42.6 Å². The summed E-state index contributed by atoms with van der Waals surface area (Å²) in [7, 11) is 1.90. The molecule has 0 radical (unpaired) electrons. The molecule has 2 heterocycles. The minimum Gasteiger partial charge on any atom is -0.327 e. The SMILES string of the molecule is CCCc1nn(C)c2c1[nH]c(=S)n2-c1cccc(Cl)c1Cl. The minimum atomic E-state index is 0.481. The van der Waals surface area contributed by atoms with E-state index >= 15 is 0 Å². The van der Waals surface area contributed by atoms with E-state index in [1.807, 2.05) is 28.4 Å². The third-order valence-electron chi connectivity index (χ3n) is 3.40. The van der Waals surface area contributed by atoms with E-state index in [-0.39, 0.29) is 0 Å². The van der Waals surface area contributed by atoms with Gasteiger partial charge in [0.1, 0.15) is 5.52 Å². The van der Waals surface area contributed by atoms with E-state index in [1.54, 1.807) is 6.07 Å². The zero-order valence-electron chi connectivity index (χ0n) is 11.7. The zero-order valence-corrected chi connectivity index (χ0v) is 14.0. The molecule has 0 saturated heterocycles. The van der Waals surface area contributed by atoms with Gasteiger partial charge >= 0.3 is 0 Å². The number of hydrogen-bond donors (Lipinski definition) is 1. The highest BCUT2D eigenvalue weighted by Crippen LogP contribution is 2.31. The van der Waals surface area contributed by atoms with Gasteiger partial charge in [0.05, 0.1) is 21.4 Å². The van der Waals surface area contributed by atoms with Gasteiger partial charge in [0.2, 0.25) is 0 Å². The molecule has 0 aliphatic carbocycles. The second kappa shape index (κ2) is 5.48. The van der Waals surface area contributed by atoms with Crippen LogP contribution in [-0.4, -0.2) is 19.3 Å². The molecule has 0 spiro atoms. The van der Waals surface area contributed by atoms with Gasteiger partial charge < -0.3 is 4.98 Å². The van der Waals surface area contributed by atoms with Crippen LogP contribution in [-0.2, 0) is 13.5 Å². The van der Waals surface area contributed by atoms with Gasteiger partial charge in [-0.2, -0.15) is 5.10 Å². The fourth-order valence-corrected chi connectivity index (χ4v) is 3.18. The molecular weight excluding hydrogens is 327 g/mol. The van der Waals surface area contributed by atoms with Crippen LogP contribution in [0.2, 0.25) is 10.0 Å². The lowest BCUT2D eigenvalue weighted by atomic mass is 10.2. The number of nitrogens with one attached hydrogen (secondary N) is 1. The van der Waals surface area contributed by atoms with Crippen LogP contribution in [0.1, 0.15) is 19.0 Å². The Morgan fingerprint density at radius 2 is 2.10 bits per heavy atom. The Bertz CT molecular complexity index is 875. The van der Waals surface area contributed by atoms with Crippen LogP contribution in [0.4, 0.5) is 0 Å². The van der Waals surface area contributed by atoms with E-state index in [4.69, 9.17) is 35.4 Å². The largest absolute Gasteiger partial charge is 0.327 e. The highest BCUT2D eigenvalue weighted by Gasteiger charge is 2.18. The summed E-state index contributed by atoms with van der Waals surface area (Å²) in [6.07, 6.45) is 1.92. The molecule has 110 valence electrons. The van der Waals surface area contributed by atoms with Gasteiger partial charge in [-0.3, -0.25) is 4.57 Å². The molecule has 1 aromatic carbocycles. The second-order valence-corrected chi connectivity index (χ2v) is 6.03. The normalized spacial score (nSPS) is 11.4. The van der Waals surface area contributed by atoms with Crippen molar-refractivity contribution in [2.24, 2.45) is 7.05 Å². The maximum Gasteiger partial charge on any atom is 0.184 e. The molecule has 1 N–H and O–H groups in total. The van der Waals surface area contributed by atoms with E-state index in [1.165, 1.54) is 0 Å². The van der Waals surface area contributed by atoms with E-state index in [0.717, 1.165) is 35.4 Å². The topological polar surface area (TPSA) is 38.5 Å². The van der Waals surface area contributed by atoms with E-state index in [2.05, 4.69) is 17.0 Å². The van der Waals surface area contributed by atoms with Crippen LogP contribution >= 0.6 is 35.4 Å². The van der Waals surface area contributed by atoms with Crippen molar-refractivity contribution in [3.05, 3.63) is 38.7 Å². The number of fused-ring (bicyclic) bond motifs is 1. The summed E-state index contributed by atoms with van der Waals surface area (Å²) in [5, 5.41) is 5.54. The van der Waals surface area contributed by atoms with E-state index in [0.29, 0.717) is 14.8 Å². The first-order valence-electron chi connectivity index (χ1n) is 6.65. The summed E-state index contributed by atoms with van der Waals surface area (Å²) < 4.78 is 4.29. The van der Waals surface area contributed by atoms with Crippen LogP contribution in [0.25, 0.3) is 16.9 Å². The number of hydrogen-bond acceptors (Lipinski definition) is 2. The molecule has 0 amide bonds. The third-order valence-corrected chi connectivity index (χ3v) is 4.49. The number of halogens is 2. The maximum absolute atomic E-state index is 6.33. The fourth-order valence-electron chi connectivity index (χ4n) is 2.51. The molecule has 7 heteroatoms. The molecule has 3 aromatic rings. The summed E-state index contributed by atoms with van der Waals surface area (Å²) in [5.74, 6) is 0. The summed E-state index contributed by atoms with van der Waals surface area (Å²) >= 11 is 17.9. The molecule has 21 heavy (non-hydrogen) atoms. The molecule has 0 aliphatic heterocycles. The Hall–Kier alpha value is -1.30. The first-order chi connectivity index (χ1) is 10.0. The predicted molar refractivity (Wildman–Crippen MR) is 89.2 cm³/mol. The quantitative estimate of drug-likeness (QED) is 0.703. The molecular formula is C14H14Cl2N4S. The number of H-pyrrole nitrogens is 1. The molecule has 0 aliphatic rings. The minimum absolute atomic E-state index is 0.481. The van der Waals surface area contributed by atoms with Crippen molar-refractivity contribution in [3.8, 4) is 5.69 Å². The molecule has 4 nitrogen and oxygen atoms in total. The molecule has 3 rings (SSSR count). The second-order valence-electron chi connectivity index (χ2n) is 4.86. The summed E-state index contributed by atoms with van der Waals surface area (Å²) in [4.78, 5) is 3.24. The van der Waals surface area contributed by atoms with Crippen molar-refractivity contribution in [1.29, 1.82) is 0 Å². The maximum atomic E-state index is 6.33. The molecule has 0 bridgehead atoms. The van der Waals surface area contributed by atoms with Gasteiger partial charge in [0.25, 0.3) is 0 Å². The molecule has 0 fully saturated rings. The van der Waals surface area contributed by atoms with Crippen molar-refractivity contribution in [2.45, 2.75) is 19.8 Å². The van der Waals surface area contributed by atoms with Crippen LogP contribution < -0.4 is 0 Å². The number of benzene rings is 1. The average Bonchev–Trinajstić information content (AvgIpc) is 2.92. The lowest BCUT2D eigenvalue weighted by Gasteiger charge is -2.08. The summed E-state index contributed by atoms with van der Waals surface area (Å²) in [5.41, 5.74) is 3.62. The number of nitrogens with zero attached hydrogens (tertiary/aromatic N) is 3. The van der Waals surface area contributed by atoms with Crippen molar-refractivity contribution in [1.82, 2.24) is 19.3 Å². The third kappa shape index (κ3) is 2.29. The fraction of sp³-hybridized carbons (Fsp3) is 0.286. The zero-order chi connectivity index (χ0) is 15.1. The average molecular weight is 341 g/mol. The lowest BCUT2D eigenvalue weighted by Crippen LogP contribution is -2.01. The van der Waals surface area contributed by atoms with E-state index < -0.39 is 0 Å². The number of aromatic amines is 1. The highest BCUT2D eigenvalue weighted by atomic mass is 35.5. The van der Waals surface area contributed by atoms with Gasteiger partial charge in [0.15, 0.2) is 10.4 Å². The van der Waals surface area contributed by atoms with Gasteiger partial charge in [0, 0.05) is 7.05 Å². The smallest absolute Gasteiger partial charge is 0.184 e. The summed E-state index contributed by atoms with van der Waals surface area (Å²) in [6.45, 7) is 2.12. The number of aromatic nitrogens is 4. The number of imidazole rings is 1. The molecule has 0 unspecified atom stereocenters. The molecule has 2 aromatic heterocycles. The predicted octanol–water partition coefficient (Wildman–Crippen LogP) is 4.68. The first-order valence-corrected chi connectivity index (χ1v) is 7.82. The van der Waals surface area contributed by atoms with Gasteiger partial charge in [-0.15, -0.1) is 0 Å². The number of rotatable bonds is 3. The van der Waals surface area contributed by atoms with Crippen molar-refractivity contribution >= 4 is 46.6 Å². The molecule has 0 atom stereocenters. The highest BCUT2D eigenvalue weighted by molar-refractivity contribution is 7.71. The van der Waals surface area contributed by atoms with Crippen LogP contribution in [0.5, 0.6) is 0 Å². The molecule has 0 saturated carbocycles. The summed E-state index contributed by atoms with van der Waals surface area (Å²) in [6, 6.07) is 5.50. The Kier molecular flexibility index (Phi) is 3.82. The van der Waals surface area contributed by atoms with Crippen LogP contribution in [0, 0.1) is 4.77 Å². The van der Waals surface area contributed by atoms with Crippen LogP contribution in [0.15, 0.2) is 18.2 Å².